The number of aromatic nitrogens is 2. The van der Waals surface area contributed by atoms with Crippen molar-refractivity contribution in [2.75, 3.05) is 26.2 Å². The van der Waals surface area contributed by atoms with Crippen LogP contribution in [-0.4, -0.2) is 62.8 Å². The summed E-state index contributed by atoms with van der Waals surface area (Å²) in [5.74, 6) is 1.71. The monoisotopic (exact) mass is 481 g/mol. The van der Waals surface area contributed by atoms with E-state index >= 15 is 0 Å². The maximum Gasteiger partial charge on any atom is 0.404 e. The Bertz CT molecular complexity index is 996. The van der Waals surface area contributed by atoms with Gasteiger partial charge in [0, 0.05) is 49.0 Å². The van der Waals surface area contributed by atoms with Crippen molar-refractivity contribution in [1.29, 1.82) is 0 Å². The molecule has 2 aliphatic heterocycles. The fraction of sp³-hybridized carbons (Fsp3) is 0.714. The summed E-state index contributed by atoms with van der Waals surface area (Å²) in [4.78, 5) is 21.5. The van der Waals surface area contributed by atoms with E-state index < -0.39 is 6.09 Å². The summed E-state index contributed by atoms with van der Waals surface area (Å²) in [6.07, 6.45) is 11.1. The highest BCUT2D eigenvalue weighted by atomic mass is 16.4. The Morgan fingerprint density at radius 3 is 2.43 bits per heavy atom. The van der Waals surface area contributed by atoms with Gasteiger partial charge in [0.05, 0.1) is 6.54 Å². The lowest BCUT2D eigenvalue weighted by Gasteiger charge is -2.42. The van der Waals surface area contributed by atoms with E-state index in [-0.39, 0.29) is 0 Å². The molecule has 0 bridgehead atoms. The van der Waals surface area contributed by atoms with Gasteiger partial charge in [0.25, 0.3) is 0 Å². The number of hydrogen-bond acceptors (Lipinski definition) is 4. The van der Waals surface area contributed by atoms with Crippen molar-refractivity contribution in [3.05, 3.63) is 29.6 Å². The van der Waals surface area contributed by atoms with Crippen LogP contribution in [0.5, 0.6) is 0 Å². The molecule has 1 aliphatic carbocycles. The number of pyridine rings is 1. The Balaban J connectivity index is 1.36. The summed E-state index contributed by atoms with van der Waals surface area (Å²) in [6.45, 7) is 10.5. The number of amides is 1. The van der Waals surface area contributed by atoms with Crippen LogP contribution in [0.3, 0.4) is 0 Å². The van der Waals surface area contributed by atoms with Gasteiger partial charge in [-0.3, -0.25) is 4.90 Å². The molecule has 7 heteroatoms. The van der Waals surface area contributed by atoms with Gasteiger partial charge in [-0.25, -0.2) is 9.78 Å². The van der Waals surface area contributed by atoms with Crippen LogP contribution < -0.4 is 5.32 Å². The number of piperidine rings is 1. The molecule has 0 unspecified atom stereocenters. The Morgan fingerprint density at radius 2 is 1.77 bits per heavy atom. The lowest BCUT2D eigenvalue weighted by atomic mass is 9.79. The zero-order valence-electron chi connectivity index (χ0n) is 21.6. The lowest BCUT2D eigenvalue weighted by Crippen LogP contribution is -2.44. The highest BCUT2D eigenvalue weighted by molar-refractivity contribution is 5.82. The molecule has 5 rings (SSSR count). The maximum atomic E-state index is 11.5. The van der Waals surface area contributed by atoms with Crippen molar-refractivity contribution in [2.24, 2.45) is 11.8 Å². The van der Waals surface area contributed by atoms with Crippen LogP contribution in [-0.2, 0) is 13.1 Å². The summed E-state index contributed by atoms with van der Waals surface area (Å²) >= 11 is 0. The van der Waals surface area contributed by atoms with E-state index in [0.29, 0.717) is 12.6 Å². The normalized spacial score (nSPS) is 25.0. The minimum absolute atomic E-state index is 0.342. The SMILES string of the molecule is CC(C)C1CCC(N2CCC(n3c(CNC(=O)O)c(CN4CCCC4)c4cccnc43)CC2)CC1. The van der Waals surface area contributed by atoms with Crippen molar-refractivity contribution < 1.29 is 9.90 Å². The summed E-state index contributed by atoms with van der Waals surface area (Å²) in [7, 11) is 0. The van der Waals surface area contributed by atoms with Gasteiger partial charge in [-0.05, 0) is 94.0 Å². The molecular formula is C28H43N5O2. The first-order chi connectivity index (χ1) is 17.0. The molecule has 0 spiro atoms. The molecular weight excluding hydrogens is 438 g/mol. The first kappa shape index (κ1) is 24.6. The molecule has 2 N–H and O–H groups in total. The Hall–Kier alpha value is -2.12. The second-order valence-electron chi connectivity index (χ2n) is 11.4. The third-order valence-corrected chi connectivity index (χ3v) is 9.03. The Kier molecular flexibility index (Phi) is 7.63. The largest absolute Gasteiger partial charge is 0.465 e. The van der Waals surface area contributed by atoms with E-state index in [1.807, 2.05) is 12.3 Å². The van der Waals surface area contributed by atoms with Gasteiger partial charge in [-0.15, -0.1) is 0 Å². The molecule has 35 heavy (non-hydrogen) atoms. The van der Waals surface area contributed by atoms with E-state index in [1.54, 1.807) is 0 Å². The lowest BCUT2D eigenvalue weighted by molar-refractivity contribution is 0.0887. The van der Waals surface area contributed by atoms with E-state index in [0.717, 1.165) is 74.8 Å². The minimum Gasteiger partial charge on any atom is -0.465 e. The van der Waals surface area contributed by atoms with Gasteiger partial charge >= 0.3 is 6.09 Å². The number of likely N-dealkylation sites (tertiary alicyclic amines) is 2. The fourth-order valence-corrected chi connectivity index (χ4v) is 6.98. The number of carboxylic acid groups (broad SMARTS) is 1. The van der Waals surface area contributed by atoms with Crippen LogP contribution >= 0.6 is 0 Å². The number of hydrogen-bond donors (Lipinski definition) is 2. The zero-order valence-corrected chi connectivity index (χ0v) is 21.6. The predicted octanol–water partition coefficient (Wildman–Crippen LogP) is 5.25. The molecule has 0 aromatic carbocycles. The number of rotatable bonds is 7. The average Bonchev–Trinajstić information content (AvgIpc) is 3.49. The van der Waals surface area contributed by atoms with Gasteiger partial charge < -0.3 is 19.9 Å². The van der Waals surface area contributed by atoms with E-state index in [9.17, 15) is 9.90 Å². The number of carbonyl (C=O) groups is 1. The Labute approximate surface area is 209 Å². The highest BCUT2D eigenvalue weighted by Crippen LogP contribution is 2.37. The molecule has 2 aromatic heterocycles. The first-order valence-corrected chi connectivity index (χ1v) is 13.9. The van der Waals surface area contributed by atoms with Crippen molar-refractivity contribution in [3.63, 3.8) is 0 Å². The summed E-state index contributed by atoms with van der Waals surface area (Å²) in [5, 5.41) is 13.3. The first-order valence-electron chi connectivity index (χ1n) is 13.9. The van der Waals surface area contributed by atoms with Gasteiger partial charge in [-0.2, -0.15) is 0 Å². The molecule has 7 nitrogen and oxygen atoms in total. The van der Waals surface area contributed by atoms with E-state index in [2.05, 4.69) is 39.6 Å². The molecule has 3 fully saturated rings. The van der Waals surface area contributed by atoms with E-state index in [4.69, 9.17) is 4.98 Å². The maximum absolute atomic E-state index is 11.5. The molecule has 4 heterocycles. The van der Waals surface area contributed by atoms with Gasteiger partial charge in [0.2, 0.25) is 0 Å². The molecule has 1 saturated carbocycles. The summed E-state index contributed by atoms with van der Waals surface area (Å²) < 4.78 is 2.41. The number of fused-ring (bicyclic) bond motifs is 1. The van der Waals surface area contributed by atoms with E-state index in [1.165, 1.54) is 49.5 Å². The van der Waals surface area contributed by atoms with Gasteiger partial charge in [-0.1, -0.05) is 13.8 Å². The van der Waals surface area contributed by atoms with Crippen LogP contribution in [0.1, 0.15) is 82.5 Å². The molecule has 3 aliphatic rings. The predicted molar refractivity (Wildman–Crippen MR) is 140 cm³/mol. The van der Waals surface area contributed by atoms with Crippen molar-refractivity contribution in [3.8, 4) is 0 Å². The molecule has 1 amide bonds. The third kappa shape index (κ3) is 5.36. The van der Waals surface area contributed by atoms with Crippen molar-refractivity contribution >= 4 is 17.1 Å². The minimum atomic E-state index is -0.964. The second-order valence-corrected chi connectivity index (χ2v) is 11.4. The third-order valence-electron chi connectivity index (χ3n) is 9.03. The second kappa shape index (κ2) is 10.9. The van der Waals surface area contributed by atoms with Crippen LogP contribution in [0.15, 0.2) is 18.3 Å². The number of nitrogens with zero attached hydrogens (tertiary/aromatic N) is 4. The zero-order chi connectivity index (χ0) is 24.4. The number of nitrogens with one attached hydrogen (secondary N) is 1. The van der Waals surface area contributed by atoms with Crippen LogP contribution in [0.25, 0.3) is 11.0 Å². The topological polar surface area (TPSA) is 73.6 Å². The molecule has 2 aromatic rings. The molecule has 0 atom stereocenters. The van der Waals surface area contributed by atoms with Gasteiger partial charge in [0.1, 0.15) is 5.65 Å². The molecule has 192 valence electrons. The van der Waals surface area contributed by atoms with Gasteiger partial charge in [0.15, 0.2) is 0 Å². The van der Waals surface area contributed by atoms with Crippen LogP contribution in [0.4, 0.5) is 4.79 Å². The van der Waals surface area contributed by atoms with Crippen molar-refractivity contribution in [2.45, 2.75) is 90.4 Å². The average molecular weight is 482 g/mol. The summed E-state index contributed by atoms with van der Waals surface area (Å²) in [6, 6.07) is 5.31. The highest BCUT2D eigenvalue weighted by Gasteiger charge is 2.32. The standard InChI is InChI=1S/C28H43N5O2/c1-20(2)21-7-9-22(10-8-21)32-16-11-23(12-17-32)33-26(18-30-28(34)35)25(19-31-14-3-4-15-31)24-6-5-13-29-27(24)33/h5-6,13,20-23,30H,3-4,7-12,14-19H2,1-2H3,(H,34,35). The summed E-state index contributed by atoms with van der Waals surface area (Å²) in [5.41, 5.74) is 3.40. The van der Waals surface area contributed by atoms with Crippen LogP contribution in [0, 0.1) is 11.8 Å². The molecule has 0 radical (unpaired) electrons. The fourth-order valence-electron chi connectivity index (χ4n) is 6.98. The smallest absolute Gasteiger partial charge is 0.404 e. The van der Waals surface area contributed by atoms with Crippen LogP contribution in [0.2, 0.25) is 0 Å². The Morgan fingerprint density at radius 1 is 1.06 bits per heavy atom. The quantitative estimate of drug-likeness (QED) is 0.565. The molecule has 2 saturated heterocycles. The van der Waals surface area contributed by atoms with Crippen molar-refractivity contribution in [1.82, 2.24) is 24.7 Å².